The number of hydrogen-bond acceptors (Lipinski definition) is 3. The summed E-state index contributed by atoms with van der Waals surface area (Å²) >= 11 is 0. The van der Waals surface area contributed by atoms with Crippen molar-refractivity contribution < 1.29 is 9.59 Å². The summed E-state index contributed by atoms with van der Waals surface area (Å²) < 4.78 is 0. The molecule has 5 nitrogen and oxygen atoms in total. The van der Waals surface area contributed by atoms with Gasteiger partial charge in [-0.1, -0.05) is 12.8 Å². The van der Waals surface area contributed by atoms with Crippen LogP contribution >= 0.6 is 0 Å². The second-order valence-corrected chi connectivity index (χ2v) is 7.41. The minimum absolute atomic E-state index is 0.0643. The molecule has 2 amide bonds. The molecule has 0 radical (unpaired) electrons. The first-order valence-corrected chi connectivity index (χ1v) is 8.89. The van der Waals surface area contributed by atoms with Gasteiger partial charge in [0.25, 0.3) is 0 Å². The van der Waals surface area contributed by atoms with Crippen LogP contribution in [0.5, 0.6) is 0 Å². The molecule has 22 heavy (non-hydrogen) atoms. The van der Waals surface area contributed by atoms with E-state index in [0.29, 0.717) is 6.54 Å². The van der Waals surface area contributed by atoms with E-state index in [1.165, 1.54) is 12.8 Å². The van der Waals surface area contributed by atoms with Gasteiger partial charge in [0.2, 0.25) is 11.8 Å². The molecule has 2 aliphatic heterocycles. The third kappa shape index (κ3) is 2.53. The van der Waals surface area contributed by atoms with Gasteiger partial charge in [0.05, 0.1) is 5.41 Å². The van der Waals surface area contributed by atoms with Crippen molar-refractivity contribution in [1.82, 2.24) is 15.1 Å². The van der Waals surface area contributed by atoms with Gasteiger partial charge < -0.3 is 15.1 Å². The zero-order valence-corrected chi connectivity index (χ0v) is 13.9. The Labute approximate surface area is 133 Å². The van der Waals surface area contributed by atoms with Gasteiger partial charge in [0, 0.05) is 19.1 Å². The summed E-state index contributed by atoms with van der Waals surface area (Å²) in [6.45, 7) is 7.95. The molecule has 0 aromatic heterocycles. The molecule has 1 spiro atoms. The van der Waals surface area contributed by atoms with Crippen molar-refractivity contribution in [1.29, 1.82) is 0 Å². The molecule has 124 valence electrons. The van der Waals surface area contributed by atoms with Crippen molar-refractivity contribution in [3.8, 4) is 0 Å². The number of carbonyl (C=O) groups excluding carboxylic acids is 2. The maximum Gasteiger partial charge on any atom is 0.243 e. The van der Waals surface area contributed by atoms with Gasteiger partial charge in [-0.3, -0.25) is 9.59 Å². The average Bonchev–Trinajstić information content (AvgIpc) is 3.15. The maximum absolute atomic E-state index is 12.7. The van der Waals surface area contributed by atoms with Crippen LogP contribution in [0.3, 0.4) is 0 Å². The van der Waals surface area contributed by atoms with E-state index in [1.54, 1.807) is 4.90 Å². The van der Waals surface area contributed by atoms with E-state index in [1.807, 2.05) is 13.8 Å². The van der Waals surface area contributed by atoms with Gasteiger partial charge >= 0.3 is 0 Å². The fourth-order valence-corrected chi connectivity index (χ4v) is 4.53. The zero-order chi connectivity index (χ0) is 15.7. The van der Waals surface area contributed by atoms with E-state index in [2.05, 4.69) is 10.2 Å². The first-order chi connectivity index (χ1) is 10.6. The Morgan fingerprint density at radius 1 is 1.23 bits per heavy atom. The molecule has 2 saturated heterocycles. The summed E-state index contributed by atoms with van der Waals surface area (Å²) in [6.07, 6.45) is 6.48. The van der Waals surface area contributed by atoms with Crippen molar-refractivity contribution in [2.24, 2.45) is 5.41 Å². The molecule has 0 aromatic rings. The van der Waals surface area contributed by atoms with Gasteiger partial charge in [-0.05, 0) is 52.6 Å². The van der Waals surface area contributed by atoms with E-state index < -0.39 is 0 Å². The number of carbonyl (C=O) groups is 2. The maximum atomic E-state index is 12.7. The summed E-state index contributed by atoms with van der Waals surface area (Å²) in [5, 5.41) is 3.09. The van der Waals surface area contributed by atoms with E-state index in [4.69, 9.17) is 0 Å². The number of likely N-dealkylation sites (tertiary alicyclic amines) is 2. The summed E-state index contributed by atoms with van der Waals surface area (Å²) in [6, 6.07) is -0.130. The molecule has 1 atom stereocenters. The van der Waals surface area contributed by atoms with Crippen LogP contribution in [-0.2, 0) is 9.59 Å². The third-order valence-electron chi connectivity index (χ3n) is 5.69. The first-order valence-electron chi connectivity index (χ1n) is 8.89. The van der Waals surface area contributed by atoms with Gasteiger partial charge in [-0.25, -0.2) is 0 Å². The molecule has 2 heterocycles. The highest BCUT2D eigenvalue weighted by Gasteiger charge is 2.64. The Balaban J connectivity index is 1.59. The van der Waals surface area contributed by atoms with Crippen LogP contribution in [0.15, 0.2) is 0 Å². The molecular formula is C17H29N3O2. The molecule has 1 unspecified atom stereocenters. The highest BCUT2D eigenvalue weighted by atomic mass is 16.2. The van der Waals surface area contributed by atoms with Gasteiger partial charge in [0.15, 0.2) is 0 Å². The lowest BCUT2D eigenvalue weighted by molar-refractivity contribution is -0.181. The standard InChI is InChI=1S/C17H29N3O2/c1-13(2)20-14(17(16(20)22)7-3-4-8-17)15(21)18-9-12-19-10-5-6-11-19/h13-14H,3-12H2,1-2H3,(H,18,21). The molecule has 3 fully saturated rings. The van der Waals surface area contributed by atoms with Crippen LogP contribution in [0.1, 0.15) is 52.4 Å². The van der Waals surface area contributed by atoms with E-state index in [-0.39, 0.29) is 29.3 Å². The van der Waals surface area contributed by atoms with Gasteiger partial charge in [-0.2, -0.15) is 0 Å². The van der Waals surface area contributed by atoms with Crippen LogP contribution in [-0.4, -0.2) is 59.9 Å². The highest BCUT2D eigenvalue weighted by Crippen LogP contribution is 2.52. The Morgan fingerprint density at radius 2 is 1.86 bits per heavy atom. The lowest BCUT2D eigenvalue weighted by Gasteiger charge is -2.55. The average molecular weight is 307 g/mol. The van der Waals surface area contributed by atoms with Gasteiger partial charge in [-0.15, -0.1) is 0 Å². The number of amides is 2. The summed E-state index contributed by atoms with van der Waals surface area (Å²) in [5.74, 6) is 0.272. The van der Waals surface area contributed by atoms with Crippen LogP contribution in [0.4, 0.5) is 0 Å². The summed E-state index contributed by atoms with van der Waals surface area (Å²) in [5.41, 5.74) is -0.373. The van der Waals surface area contributed by atoms with Crippen molar-refractivity contribution in [3.05, 3.63) is 0 Å². The Bertz CT molecular complexity index is 437. The molecule has 1 N–H and O–H groups in total. The van der Waals surface area contributed by atoms with Crippen molar-refractivity contribution >= 4 is 11.8 Å². The van der Waals surface area contributed by atoms with Gasteiger partial charge in [0.1, 0.15) is 6.04 Å². The zero-order valence-electron chi connectivity index (χ0n) is 13.9. The molecule has 3 rings (SSSR count). The second kappa shape index (κ2) is 6.19. The smallest absolute Gasteiger partial charge is 0.243 e. The predicted octanol–water partition coefficient (Wildman–Crippen LogP) is 1.38. The highest BCUT2D eigenvalue weighted by molar-refractivity contribution is 6.02. The minimum atomic E-state index is -0.373. The van der Waals surface area contributed by atoms with E-state index in [0.717, 1.165) is 45.3 Å². The van der Waals surface area contributed by atoms with Crippen molar-refractivity contribution in [2.45, 2.75) is 64.5 Å². The normalized spacial score (nSPS) is 27.7. The summed E-state index contributed by atoms with van der Waals surface area (Å²) in [7, 11) is 0. The van der Waals surface area contributed by atoms with Crippen molar-refractivity contribution in [3.63, 3.8) is 0 Å². The Kier molecular flexibility index (Phi) is 4.44. The molecule has 1 saturated carbocycles. The Morgan fingerprint density at radius 3 is 2.45 bits per heavy atom. The van der Waals surface area contributed by atoms with Crippen LogP contribution in [0, 0.1) is 5.41 Å². The topological polar surface area (TPSA) is 52.7 Å². The molecule has 5 heteroatoms. The Hall–Kier alpha value is -1.10. The largest absolute Gasteiger partial charge is 0.353 e. The number of β-lactam (4-membered cyclic amide) rings is 1. The van der Waals surface area contributed by atoms with Crippen LogP contribution in [0.2, 0.25) is 0 Å². The number of nitrogens with zero attached hydrogens (tertiary/aromatic N) is 2. The third-order valence-corrected chi connectivity index (χ3v) is 5.69. The fraction of sp³-hybridized carbons (Fsp3) is 0.882. The second-order valence-electron chi connectivity index (χ2n) is 7.41. The SMILES string of the molecule is CC(C)N1C(=O)C2(CCCC2)C1C(=O)NCCN1CCCC1. The number of nitrogens with one attached hydrogen (secondary N) is 1. The number of rotatable bonds is 5. The van der Waals surface area contributed by atoms with Crippen LogP contribution < -0.4 is 5.32 Å². The molecule has 0 aromatic carbocycles. The monoisotopic (exact) mass is 307 g/mol. The summed E-state index contributed by atoms with van der Waals surface area (Å²) in [4.78, 5) is 29.5. The quantitative estimate of drug-likeness (QED) is 0.781. The lowest BCUT2D eigenvalue weighted by atomic mass is 9.68. The van der Waals surface area contributed by atoms with E-state index >= 15 is 0 Å². The molecule has 0 bridgehead atoms. The molecule has 3 aliphatic rings. The minimum Gasteiger partial charge on any atom is -0.353 e. The van der Waals surface area contributed by atoms with Crippen LogP contribution in [0.25, 0.3) is 0 Å². The molecule has 1 aliphatic carbocycles. The first kappa shape index (κ1) is 15.8. The predicted molar refractivity (Wildman–Crippen MR) is 85.4 cm³/mol. The fourth-order valence-electron chi connectivity index (χ4n) is 4.53. The molecular weight excluding hydrogens is 278 g/mol. The van der Waals surface area contributed by atoms with Crippen molar-refractivity contribution in [2.75, 3.05) is 26.2 Å². The lowest BCUT2D eigenvalue weighted by Crippen LogP contribution is -2.74. The number of hydrogen-bond donors (Lipinski definition) is 1. The van der Waals surface area contributed by atoms with E-state index in [9.17, 15) is 9.59 Å².